The molecule has 0 spiro atoms. The minimum atomic E-state index is 0. The summed E-state index contributed by atoms with van der Waals surface area (Å²) < 4.78 is 1.25. The van der Waals surface area contributed by atoms with E-state index in [1.165, 1.54) is 15.6 Å². The second-order valence-corrected chi connectivity index (χ2v) is 3.12. The van der Waals surface area contributed by atoms with Crippen molar-refractivity contribution in [1.82, 2.24) is 0 Å². The normalized spacial score (nSPS) is 8.83. The smallest absolute Gasteiger partial charge is 0.119 e. The van der Waals surface area contributed by atoms with E-state index >= 15 is 0 Å². The Morgan fingerprint density at radius 1 is 1.50 bits per heavy atom. The quantitative estimate of drug-likeness (QED) is 0.572. The first kappa shape index (κ1) is 12.1. The fourth-order valence-electron chi connectivity index (χ4n) is 0.743. The number of fused-ring (bicyclic) bond motifs is 1. The number of hydrogen-bond donors (Lipinski definition) is 0. The molecule has 0 bridgehead atoms. The van der Waals surface area contributed by atoms with Crippen LogP contribution < -0.4 is 0 Å². The predicted octanol–water partition coefficient (Wildman–Crippen LogP) is 3.64. The van der Waals surface area contributed by atoms with Gasteiger partial charge in [0.25, 0.3) is 0 Å². The molecule has 0 amide bonds. The molecule has 0 aromatic carbocycles. The van der Waals surface area contributed by atoms with E-state index in [9.17, 15) is 4.79 Å². The summed E-state index contributed by atoms with van der Waals surface area (Å²) in [5, 5.41) is 0. The molecule has 1 nitrogen and oxygen atoms in total. The first-order chi connectivity index (χ1) is 5.29. The average Bonchev–Trinajstić information content (AvgIpc) is 2.00. The number of benzene rings is 1. The molecule has 0 heterocycles. The molecule has 2 rings (SSSR count). The van der Waals surface area contributed by atoms with E-state index in [-0.39, 0.29) is 24.0 Å². The first-order valence-corrected chi connectivity index (χ1v) is 4.32. The van der Waals surface area contributed by atoms with Gasteiger partial charge in [-0.1, -0.05) is 35.0 Å². The highest BCUT2D eigenvalue weighted by atomic mass is 127. The summed E-state index contributed by atoms with van der Waals surface area (Å²) in [5.41, 5.74) is 2.78. The molecule has 0 atom stereocenters. The largest absolute Gasteiger partial charge is 0.303 e. The number of carbonyl (C=O) groups excluding carboxylic acids is 1. The van der Waals surface area contributed by atoms with Crippen molar-refractivity contribution in [3.63, 3.8) is 0 Å². The zero-order valence-electron chi connectivity index (χ0n) is 6.71. The summed E-state index contributed by atoms with van der Waals surface area (Å²) in [5.74, 6) is 0. The average molecular weight is 341 g/mol. The molecule has 0 aromatic heterocycles. The second kappa shape index (κ2) is 5.70. The van der Waals surface area contributed by atoms with Crippen LogP contribution in [0.4, 0.5) is 0 Å². The van der Waals surface area contributed by atoms with Crippen LogP contribution in [0, 0.1) is 0 Å². The van der Waals surface area contributed by atoms with E-state index in [4.69, 9.17) is 0 Å². The van der Waals surface area contributed by atoms with Gasteiger partial charge in [0.15, 0.2) is 0 Å². The van der Waals surface area contributed by atoms with Crippen molar-refractivity contribution in [3.8, 4) is 11.1 Å². The highest BCUT2D eigenvalue weighted by Crippen LogP contribution is 2.39. The van der Waals surface area contributed by atoms with Gasteiger partial charge in [-0.05, 0) is 17.2 Å². The number of carbonyl (C=O) groups is 1. The van der Waals surface area contributed by atoms with Crippen molar-refractivity contribution >= 4 is 46.2 Å². The molecule has 0 unspecified atom stereocenters. The van der Waals surface area contributed by atoms with Crippen LogP contribution in [0.5, 0.6) is 0 Å². The Morgan fingerprint density at radius 3 is 2.08 bits per heavy atom. The Morgan fingerprint density at radius 2 is 2.08 bits per heavy atom. The Hall–Kier alpha value is 0.1000. The van der Waals surface area contributed by atoms with Crippen LogP contribution in [0.25, 0.3) is 11.1 Å². The fraction of sp³-hybridized carbons (Fsp3) is 0.222. The van der Waals surface area contributed by atoms with E-state index in [2.05, 4.69) is 34.1 Å². The van der Waals surface area contributed by atoms with Crippen LogP contribution in [-0.4, -0.2) is 6.29 Å². The Labute approximate surface area is 97.7 Å². The first-order valence-electron chi connectivity index (χ1n) is 3.53. The second-order valence-electron chi connectivity index (χ2n) is 2.27. The minimum Gasteiger partial charge on any atom is -0.303 e. The Kier molecular flexibility index (Phi) is 5.74. The molecule has 0 fully saturated rings. The van der Waals surface area contributed by atoms with Crippen LogP contribution in [0.1, 0.15) is 13.3 Å². The number of hydrogen-bond acceptors (Lipinski definition) is 1. The molecule has 12 heavy (non-hydrogen) atoms. The fourth-order valence-corrected chi connectivity index (χ4v) is 1.35. The lowest BCUT2D eigenvalue weighted by Gasteiger charge is -2.15. The molecule has 0 saturated heterocycles. The topological polar surface area (TPSA) is 17.1 Å². The lowest BCUT2D eigenvalue weighted by Crippen LogP contribution is -1.89. The summed E-state index contributed by atoms with van der Waals surface area (Å²) in [6, 6.07) is 6.34. The lowest BCUT2D eigenvalue weighted by atomic mass is 9.94. The summed E-state index contributed by atoms with van der Waals surface area (Å²) in [4.78, 5) is 9.17. The molecule has 3 heteroatoms. The maximum Gasteiger partial charge on any atom is 0.119 e. The van der Waals surface area contributed by atoms with E-state index in [0.717, 1.165) is 6.29 Å². The maximum absolute atomic E-state index is 9.17. The third-order valence-electron chi connectivity index (χ3n) is 1.45. The molecule has 2 aliphatic carbocycles. The molecule has 0 aromatic rings. The maximum atomic E-state index is 9.17. The van der Waals surface area contributed by atoms with Gasteiger partial charge in [0.2, 0.25) is 0 Å². The van der Waals surface area contributed by atoms with Crippen molar-refractivity contribution in [3.05, 3.63) is 22.7 Å². The summed E-state index contributed by atoms with van der Waals surface area (Å²) in [6.45, 7) is 1.81. The molecule has 0 aliphatic heterocycles. The van der Waals surface area contributed by atoms with Crippen LogP contribution in [-0.2, 0) is 4.79 Å². The number of aldehydes is 1. The molecule has 0 N–H and O–H groups in total. The van der Waals surface area contributed by atoms with Crippen molar-refractivity contribution in [2.75, 3.05) is 0 Å². The van der Waals surface area contributed by atoms with Gasteiger partial charge in [0.05, 0.1) is 0 Å². The number of rotatable bonds is 1. The van der Waals surface area contributed by atoms with Crippen LogP contribution in [0.3, 0.4) is 0 Å². The molecule has 0 radical (unpaired) electrons. The van der Waals surface area contributed by atoms with Crippen LogP contribution >= 0.6 is 39.9 Å². The summed E-state index contributed by atoms with van der Waals surface area (Å²) in [7, 11) is 0. The molecular formula is C9H10BrIO. The molecule has 0 saturated carbocycles. The predicted molar refractivity (Wildman–Crippen MR) is 64.9 cm³/mol. The minimum absolute atomic E-state index is 0. The van der Waals surface area contributed by atoms with Crippen molar-refractivity contribution < 1.29 is 4.79 Å². The third kappa shape index (κ3) is 2.55. The van der Waals surface area contributed by atoms with Gasteiger partial charge in [0.1, 0.15) is 6.29 Å². The van der Waals surface area contributed by atoms with E-state index in [0.29, 0.717) is 6.42 Å². The van der Waals surface area contributed by atoms with E-state index in [1.807, 2.05) is 6.92 Å². The van der Waals surface area contributed by atoms with Crippen molar-refractivity contribution in [1.29, 1.82) is 0 Å². The Bertz CT molecular complexity index is 273. The zero-order chi connectivity index (χ0) is 8.27. The van der Waals surface area contributed by atoms with Gasteiger partial charge in [-0.25, -0.2) is 0 Å². The molecule has 66 valence electrons. The highest BCUT2D eigenvalue weighted by Gasteiger charge is 2.12. The van der Waals surface area contributed by atoms with E-state index in [1.54, 1.807) is 0 Å². The van der Waals surface area contributed by atoms with Gasteiger partial charge in [-0.15, -0.1) is 24.0 Å². The van der Waals surface area contributed by atoms with Crippen molar-refractivity contribution in [2.45, 2.75) is 13.3 Å². The van der Waals surface area contributed by atoms with Crippen molar-refractivity contribution in [2.24, 2.45) is 0 Å². The van der Waals surface area contributed by atoms with E-state index < -0.39 is 0 Å². The van der Waals surface area contributed by atoms with Crippen LogP contribution in [0.2, 0.25) is 0 Å². The van der Waals surface area contributed by atoms with Gasteiger partial charge in [-0.2, -0.15) is 0 Å². The summed E-state index contributed by atoms with van der Waals surface area (Å²) in [6.07, 6.45) is 1.51. The zero-order valence-corrected chi connectivity index (χ0v) is 10.6. The lowest BCUT2D eigenvalue weighted by molar-refractivity contribution is -0.107. The monoisotopic (exact) mass is 340 g/mol. The number of halogens is 2. The Balaban J connectivity index is 0.000000217. The van der Waals surface area contributed by atoms with Gasteiger partial charge >= 0.3 is 0 Å². The van der Waals surface area contributed by atoms with Crippen LogP contribution in [0.15, 0.2) is 22.7 Å². The highest BCUT2D eigenvalue weighted by molar-refractivity contribution is 14.0. The summed E-state index contributed by atoms with van der Waals surface area (Å²) >= 11 is 3.37. The standard InChI is InChI=1S/C6H3Br.C3H6O.HI/c7-6-3-4-1-2-5(4)6;1-2-3-4;/h1-3H;3H,2H2,1H3;1H. The van der Waals surface area contributed by atoms with Gasteiger partial charge < -0.3 is 4.79 Å². The molecule has 2 aliphatic rings. The SMILES string of the molecule is Brc1cc2ccc1-2.CCC=O.I. The van der Waals surface area contributed by atoms with Gasteiger partial charge in [0, 0.05) is 10.9 Å². The van der Waals surface area contributed by atoms with Gasteiger partial charge in [-0.3, -0.25) is 0 Å². The molecular weight excluding hydrogens is 331 g/mol. The third-order valence-corrected chi connectivity index (χ3v) is 2.10.